The van der Waals surface area contributed by atoms with E-state index in [9.17, 15) is 4.79 Å². The number of rotatable bonds is 3. The molecule has 9 nitrogen and oxygen atoms in total. The summed E-state index contributed by atoms with van der Waals surface area (Å²) in [6.45, 7) is 1.54. The Morgan fingerprint density at radius 1 is 1.17 bits per heavy atom. The van der Waals surface area contributed by atoms with Crippen LogP contribution >= 0.6 is 0 Å². The van der Waals surface area contributed by atoms with E-state index in [1.54, 1.807) is 11.0 Å². The third-order valence-corrected chi connectivity index (χ3v) is 6.73. The lowest BCUT2D eigenvalue weighted by Gasteiger charge is -2.41. The lowest BCUT2D eigenvalue weighted by molar-refractivity contribution is -0.136. The predicted octanol–water partition coefficient (Wildman–Crippen LogP) is 1.47. The minimum Gasteiger partial charge on any atom is -0.351 e. The second-order valence-corrected chi connectivity index (χ2v) is 8.66. The molecule has 0 spiro atoms. The van der Waals surface area contributed by atoms with Crippen LogP contribution in [0.25, 0.3) is 16.6 Å². The molecule has 3 fully saturated rings. The first-order valence-electron chi connectivity index (χ1n) is 10.4. The molecule has 152 valence electrons. The van der Waals surface area contributed by atoms with Crippen molar-refractivity contribution < 1.29 is 4.79 Å². The maximum absolute atomic E-state index is 12.9. The summed E-state index contributed by atoms with van der Waals surface area (Å²) in [6, 6.07) is 4.74. The Balaban J connectivity index is 1.29. The van der Waals surface area contributed by atoms with E-state index in [-0.39, 0.29) is 29.8 Å². The van der Waals surface area contributed by atoms with Crippen molar-refractivity contribution in [2.75, 3.05) is 18.0 Å². The van der Waals surface area contributed by atoms with Gasteiger partial charge in [-0.25, -0.2) is 9.50 Å². The van der Waals surface area contributed by atoms with Gasteiger partial charge in [-0.05, 0) is 25.3 Å². The molecule has 1 saturated carbocycles. The lowest BCUT2D eigenvalue weighted by Crippen LogP contribution is -2.56. The van der Waals surface area contributed by atoms with Gasteiger partial charge in [0, 0.05) is 55.7 Å². The molecule has 1 aliphatic carbocycles. The van der Waals surface area contributed by atoms with E-state index in [4.69, 9.17) is 5.26 Å². The number of piperazine rings is 1. The van der Waals surface area contributed by atoms with Gasteiger partial charge in [-0.3, -0.25) is 9.48 Å². The first-order chi connectivity index (χ1) is 14.6. The molecule has 2 unspecified atom stereocenters. The van der Waals surface area contributed by atoms with Crippen molar-refractivity contribution in [2.45, 2.75) is 31.3 Å². The summed E-state index contributed by atoms with van der Waals surface area (Å²) in [6.07, 6.45) is 10.2. The highest BCUT2D eigenvalue weighted by molar-refractivity contribution is 5.84. The van der Waals surface area contributed by atoms with Gasteiger partial charge in [-0.1, -0.05) is 0 Å². The molecule has 9 heteroatoms. The van der Waals surface area contributed by atoms with Crippen LogP contribution in [-0.2, 0) is 11.8 Å². The van der Waals surface area contributed by atoms with E-state index in [0.29, 0.717) is 0 Å². The zero-order valence-electron chi connectivity index (χ0n) is 16.7. The molecule has 2 bridgehead atoms. The second-order valence-electron chi connectivity index (χ2n) is 8.66. The molecule has 1 amide bonds. The Bertz CT molecular complexity index is 1180. The number of nitrogens with zero attached hydrogens (tertiary/aromatic N) is 8. The van der Waals surface area contributed by atoms with E-state index < -0.39 is 0 Å². The summed E-state index contributed by atoms with van der Waals surface area (Å²) in [4.78, 5) is 21.9. The van der Waals surface area contributed by atoms with E-state index in [0.717, 1.165) is 54.8 Å². The van der Waals surface area contributed by atoms with Crippen molar-refractivity contribution in [3.8, 4) is 17.2 Å². The summed E-state index contributed by atoms with van der Waals surface area (Å²) in [5.41, 5.74) is 3.06. The molecule has 3 aromatic heterocycles. The van der Waals surface area contributed by atoms with Crippen molar-refractivity contribution in [3.05, 3.63) is 31.0 Å². The summed E-state index contributed by atoms with van der Waals surface area (Å²) < 4.78 is 3.65. The average molecular weight is 402 g/mol. The first-order valence-corrected chi connectivity index (χ1v) is 10.4. The van der Waals surface area contributed by atoms with Gasteiger partial charge in [0.15, 0.2) is 5.82 Å². The van der Waals surface area contributed by atoms with Crippen molar-refractivity contribution >= 4 is 17.2 Å². The third-order valence-electron chi connectivity index (χ3n) is 6.73. The monoisotopic (exact) mass is 402 g/mol. The quantitative estimate of drug-likeness (QED) is 0.658. The maximum atomic E-state index is 12.9. The molecule has 3 aliphatic rings. The minimum absolute atomic E-state index is 0.0805. The molecule has 2 saturated heterocycles. The molecule has 0 N–H and O–H groups in total. The van der Waals surface area contributed by atoms with Gasteiger partial charge >= 0.3 is 0 Å². The van der Waals surface area contributed by atoms with Crippen LogP contribution in [0.5, 0.6) is 0 Å². The average Bonchev–Trinajstić information content (AvgIpc) is 3.05. The molecule has 2 aliphatic heterocycles. The molecule has 0 radical (unpaired) electrons. The van der Waals surface area contributed by atoms with Gasteiger partial charge in [0.2, 0.25) is 5.91 Å². The minimum atomic E-state index is -0.0805. The smallest absolute Gasteiger partial charge is 0.227 e. The van der Waals surface area contributed by atoms with Crippen LogP contribution in [0.4, 0.5) is 5.82 Å². The third kappa shape index (κ3) is 2.60. The van der Waals surface area contributed by atoms with E-state index in [2.05, 4.69) is 37.1 Å². The Morgan fingerprint density at radius 3 is 2.63 bits per heavy atom. The highest BCUT2D eigenvalue weighted by Gasteiger charge is 2.51. The van der Waals surface area contributed by atoms with E-state index >= 15 is 0 Å². The summed E-state index contributed by atoms with van der Waals surface area (Å²) >= 11 is 0. The highest BCUT2D eigenvalue weighted by atomic mass is 16.2. The van der Waals surface area contributed by atoms with Crippen LogP contribution < -0.4 is 4.90 Å². The fourth-order valence-corrected chi connectivity index (χ4v) is 5.13. The topological polar surface area (TPSA) is 95.3 Å². The van der Waals surface area contributed by atoms with Gasteiger partial charge in [0.25, 0.3) is 0 Å². The molecule has 5 heterocycles. The first kappa shape index (κ1) is 17.4. The fourth-order valence-electron chi connectivity index (χ4n) is 5.13. The van der Waals surface area contributed by atoms with Gasteiger partial charge < -0.3 is 9.80 Å². The Morgan fingerprint density at radius 2 is 1.97 bits per heavy atom. The van der Waals surface area contributed by atoms with Crippen LogP contribution in [-0.4, -0.2) is 60.4 Å². The summed E-state index contributed by atoms with van der Waals surface area (Å²) in [5, 5.41) is 17.8. The van der Waals surface area contributed by atoms with Crippen LogP contribution in [0.3, 0.4) is 0 Å². The van der Waals surface area contributed by atoms with Crippen LogP contribution in [0, 0.1) is 23.2 Å². The number of amides is 1. The Labute approximate surface area is 173 Å². The van der Waals surface area contributed by atoms with Gasteiger partial charge in [-0.15, -0.1) is 0 Å². The molecular formula is C21H22N8O. The Kier molecular flexibility index (Phi) is 3.66. The molecule has 6 rings (SSSR count). The number of fused-ring (bicyclic) bond motifs is 3. The van der Waals surface area contributed by atoms with Crippen molar-refractivity contribution in [1.29, 1.82) is 5.26 Å². The van der Waals surface area contributed by atoms with Crippen LogP contribution in [0.1, 0.15) is 19.3 Å². The molecule has 3 aromatic rings. The molecule has 4 atom stereocenters. The number of nitriles is 1. The number of carbonyl (C=O) groups excluding carboxylic acids is 1. The fraction of sp³-hybridized carbons (Fsp3) is 0.476. The number of anilines is 1. The van der Waals surface area contributed by atoms with Crippen molar-refractivity contribution in [1.82, 2.24) is 29.3 Å². The standard InChI is InChI=1S/C21H22N8O/c1-26-8-15(7-24-26)14-5-19-20(23-12-25-28(19)9-14)27-10-16-2-3-17(11-27)29(16)21(30)18-4-13(18)6-22/h5,7-9,12-13,16-18H,2-4,10-11H2,1H3/t13-,16?,17?,18+/m1/s1. The summed E-state index contributed by atoms with van der Waals surface area (Å²) in [7, 11) is 1.90. The zero-order chi connectivity index (χ0) is 20.4. The zero-order valence-corrected chi connectivity index (χ0v) is 16.7. The lowest BCUT2D eigenvalue weighted by atomic mass is 10.1. The number of carbonyl (C=O) groups is 1. The normalized spacial score (nSPS) is 27.5. The molecular weight excluding hydrogens is 380 g/mol. The number of hydrogen-bond donors (Lipinski definition) is 0. The van der Waals surface area contributed by atoms with Crippen LogP contribution in [0.15, 0.2) is 31.0 Å². The van der Waals surface area contributed by atoms with Gasteiger partial charge in [0.1, 0.15) is 11.8 Å². The summed E-state index contributed by atoms with van der Waals surface area (Å²) in [5.74, 6) is 0.930. The molecule has 0 aromatic carbocycles. The number of aryl methyl sites for hydroxylation is 1. The number of aromatic nitrogens is 5. The number of hydrogen-bond acceptors (Lipinski definition) is 6. The highest BCUT2D eigenvalue weighted by Crippen LogP contribution is 2.43. The molecule has 30 heavy (non-hydrogen) atoms. The van der Waals surface area contributed by atoms with E-state index in [1.165, 1.54) is 0 Å². The van der Waals surface area contributed by atoms with Crippen molar-refractivity contribution in [3.63, 3.8) is 0 Å². The Hall–Kier alpha value is -3.41. The van der Waals surface area contributed by atoms with E-state index in [1.807, 2.05) is 30.2 Å². The SMILES string of the molecule is Cn1cc(-c2cc3c(N4CC5CCC(C4)N5C(=O)[C@H]4C[C@@H]4C#N)ncnn3c2)cn1. The van der Waals surface area contributed by atoms with Gasteiger partial charge in [-0.2, -0.15) is 15.5 Å². The maximum Gasteiger partial charge on any atom is 0.227 e. The second kappa shape index (κ2) is 6.29. The van der Waals surface area contributed by atoms with Crippen molar-refractivity contribution in [2.24, 2.45) is 18.9 Å². The predicted molar refractivity (Wildman–Crippen MR) is 108 cm³/mol. The van der Waals surface area contributed by atoms with Crippen LogP contribution in [0.2, 0.25) is 0 Å². The largest absolute Gasteiger partial charge is 0.351 e. The van der Waals surface area contributed by atoms with Gasteiger partial charge in [0.05, 0.1) is 24.1 Å².